The van der Waals surface area contributed by atoms with Gasteiger partial charge in [-0.1, -0.05) is 23.4 Å². The first-order valence-corrected chi connectivity index (χ1v) is 5.33. The SMILES string of the molecule is CSc1ncc2c(Cl)ncc(F)c2n1. The number of rotatable bonds is 1. The molecular weight excluding hydrogens is 225 g/mol. The van der Waals surface area contributed by atoms with Crippen molar-refractivity contribution >= 4 is 34.3 Å². The van der Waals surface area contributed by atoms with Crippen molar-refractivity contribution in [1.82, 2.24) is 15.0 Å². The van der Waals surface area contributed by atoms with Crippen LogP contribution in [-0.2, 0) is 0 Å². The van der Waals surface area contributed by atoms with E-state index in [4.69, 9.17) is 11.6 Å². The van der Waals surface area contributed by atoms with E-state index in [2.05, 4.69) is 15.0 Å². The van der Waals surface area contributed by atoms with Gasteiger partial charge in [0.1, 0.15) is 10.7 Å². The van der Waals surface area contributed by atoms with E-state index in [0.717, 1.165) is 6.20 Å². The molecule has 0 saturated heterocycles. The molecule has 0 unspecified atom stereocenters. The number of halogens is 2. The number of fused-ring (bicyclic) bond motifs is 1. The van der Waals surface area contributed by atoms with Crippen molar-refractivity contribution in [2.45, 2.75) is 5.16 Å². The summed E-state index contributed by atoms with van der Waals surface area (Å²) in [5.74, 6) is -0.484. The van der Waals surface area contributed by atoms with Gasteiger partial charge in [-0.25, -0.2) is 19.3 Å². The third-order valence-electron chi connectivity index (χ3n) is 1.69. The van der Waals surface area contributed by atoms with Gasteiger partial charge in [0.2, 0.25) is 0 Å². The van der Waals surface area contributed by atoms with Crippen LogP contribution in [-0.4, -0.2) is 21.2 Å². The van der Waals surface area contributed by atoms with Crippen LogP contribution in [0.3, 0.4) is 0 Å². The van der Waals surface area contributed by atoms with E-state index < -0.39 is 5.82 Å². The van der Waals surface area contributed by atoms with Crippen LogP contribution in [0.1, 0.15) is 0 Å². The fourth-order valence-electron chi connectivity index (χ4n) is 1.04. The molecule has 0 aliphatic rings. The molecule has 0 aliphatic carbocycles. The Balaban J connectivity index is 2.80. The largest absolute Gasteiger partial charge is 0.241 e. The van der Waals surface area contributed by atoms with Gasteiger partial charge in [-0.15, -0.1) is 0 Å². The van der Waals surface area contributed by atoms with Gasteiger partial charge in [0.05, 0.1) is 11.6 Å². The Kier molecular flexibility index (Phi) is 2.52. The van der Waals surface area contributed by atoms with Gasteiger partial charge in [0.25, 0.3) is 0 Å². The molecule has 3 nitrogen and oxygen atoms in total. The van der Waals surface area contributed by atoms with Gasteiger partial charge in [-0.05, 0) is 6.26 Å². The minimum atomic E-state index is -0.484. The Morgan fingerprint density at radius 1 is 1.36 bits per heavy atom. The summed E-state index contributed by atoms with van der Waals surface area (Å²) in [7, 11) is 0. The van der Waals surface area contributed by atoms with E-state index in [9.17, 15) is 4.39 Å². The molecule has 2 aromatic rings. The average molecular weight is 230 g/mol. The predicted molar refractivity (Wildman–Crippen MR) is 54.1 cm³/mol. The Labute approximate surface area is 88.7 Å². The summed E-state index contributed by atoms with van der Waals surface area (Å²) >= 11 is 7.11. The van der Waals surface area contributed by atoms with Crippen LogP contribution < -0.4 is 0 Å². The summed E-state index contributed by atoms with van der Waals surface area (Å²) in [4.78, 5) is 11.7. The lowest BCUT2D eigenvalue weighted by Crippen LogP contribution is -1.92. The van der Waals surface area contributed by atoms with Crippen molar-refractivity contribution in [3.8, 4) is 0 Å². The Hall–Kier alpha value is -0.940. The van der Waals surface area contributed by atoms with Crippen molar-refractivity contribution in [1.29, 1.82) is 0 Å². The molecule has 0 atom stereocenters. The maximum absolute atomic E-state index is 13.3. The molecule has 2 aromatic heterocycles. The zero-order valence-corrected chi connectivity index (χ0v) is 8.73. The molecule has 6 heteroatoms. The molecule has 0 aromatic carbocycles. The molecule has 0 saturated carbocycles. The van der Waals surface area contributed by atoms with E-state index in [1.165, 1.54) is 18.0 Å². The summed E-state index contributed by atoms with van der Waals surface area (Å²) < 4.78 is 13.3. The first-order valence-electron chi connectivity index (χ1n) is 3.73. The number of nitrogens with zero attached hydrogens (tertiary/aromatic N) is 3. The molecular formula is C8H5ClFN3S. The minimum Gasteiger partial charge on any atom is -0.241 e. The van der Waals surface area contributed by atoms with E-state index >= 15 is 0 Å². The number of hydrogen-bond donors (Lipinski definition) is 0. The smallest absolute Gasteiger partial charge is 0.187 e. The average Bonchev–Trinajstić information content (AvgIpc) is 2.23. The normalized spacial score (nSPS) is 10.8. The van der Waals surface area contributed by atoms with Crippen molar-refractivity contribution < 1.29 is 4.39 Å². The van der Waals surface area contributed by atoms with Crippen LogP contribution in [0.25, 0.3) is 10.9 Å². The molecule has 0 radical (unpaired) electrons. The van der Waals surface area contributed by atoms with Crippen LogP contribution in [0.15, 0.2) is 17.6 Å². The van der Waals surface area contributed by atoms with Crippen LogP contribution in [0.2, 0.25) is 5.15 Å². The van der Waals surface area contributed by atoms with Crippen molar-refractivity contribution in [2.24, 2.45) is 0 Å². The first kappa shape index (κ1) is 9.61. The predicted octanol–water partition coefficient (Wildman–Crippen LogP) is 2.54. The van der Waals surface area contributed by atoms with Crippen LogP contribution in [0, 0.1) is 5.82 Å². The number of pyridine rings is 1. The minimum absolute atomic E-state index is 0.212. The van der Waals surface area contributed by atoms with Crippen molar-refractivity contribution in [2.75, 3.05) is 6.26 Å². The molecule has 0 spiro atoms. The second-order valence-corrected chi connectivity index (χ2v) is 3.65. The van der Waals surface area contributed by atoms with Gasteiger partial charge in [-0.2, -0.15) is 0 Å². The zero-order chi connectivity index (χ0) is 10.1. The standard InChI is InChI=1S/C8H5ClFN3S/c1-14-8-12-2-4-6(13-8)5(10)3-11-7(4)9/h2-3H,1H3. The lowest BCUT2D eigenvalue weighted by atomic mass is 10.3. The van der Waals surface area contributed by atoms with Gasteiger partial charge < -0.3 is 0 Å². The second kappa shape index (κ2) is 3.67. The van der Waals surface area contributed by atoms with Crippen molar-refractivity contribution in [3.05, 3.63) is 23.4 Å². The molecule has 0 bridgehead atoms. The zero-order valence-electron chi connectivity index (χ0n) is 7.16. The Bertz CT molecular complexity index is 491. The number of aromatic nitrogens is 3. The van der Waals surface area contributed by atoms with Gasteiger partial charge in [-0.3, -0.25) is 0 Å². The van der Waals surface area contributed by atoms with E-state index in [1.54, 1.807) is 0 Å². The molecule has 0 amide bonds. The molecule has 72 valence electrons. The molecule has 0 aliphatic heterocycles. The van der Waals surface area contributed by atoms with Crippen molar-refractivity contribution in [3.63, 3.8) is 0 Å². The summed E-state index contributed by atoms with van der Waals surface area (Å²) in [6, 6.07) is 0. The number of hydrogen-bond acceptors (Lipinski definition) is 4. The number of thioether (sulfide) groups is 1. The maximum Gasteiger partial charge on any atom is 0.187 e. The van der Waals surface area contributed by atoms with E-state index in [-0.39, 0.29) is 10.7 Å². The first-order chi connectivity index (χ1) is 6.72. The topological polar surface area (TPSA) is 38.7 Å². The van der Waals surface area contributed by atoms with Gasteiger partial charge >= 0.3 is 0 Å². The highest BCUT2D eigenvalue weighted by Gasteiger charge is 2.08. The van der Waals surface area contributed by atoms with Crippen LogP contribution in [0.5, 0.6) is 0 Å². The fourth-order valence-corrected chi connectivity index (χ4v) is 1.57. The Morgan fingerprint density at radius 2 is 2.14 bits per heavy atom. The van der Waals surface area contributed by atoms with Gasteiger partial charge in [0, 0.05) is 6.20 Å². The van der Waals surface area contributed by atoms with E-state index in [1.807, 2.05) is 6.26 Å². The molecule has 0 fully saturated rings. The fraction of sp³-hybridized carbons (Fsp3) is 0.125. The summed E-state index contributed by atoms with van der Waals surface area (Å²) in [5.41, 5.74) is 0.212. The quantitative estimate of drug-likeness (QED) is 0.428. The molecule has 2 rings (SSSR count). The highest BCUT2D eigenvalue weighted by Crippen LogP contribution is 2.22. The highest BCUT2D eigenvalue weighted by atomic mass is 35.5. The second-order valence-electron chi connectivity index (χ2n) is 2.52. The summed E-state index contributed by atoms with van der Waals surface area (Å²) in [6.07, 6.45) is 4.36. The molecule has 14 heavy (non-hydrogen) atoms. The van der Waals surface area contributed by atoms with Crippen LogP contribution >= 0.6 is 23.4 Å². The highest BCUT2D eigenvalue weighted by molar-refractivity contribution is 7.98. The third kappa shape index (κ3) is 1.53. The monoisotopic (exact) mass is 229 g/mol. The maximum atomic E-state index is 13.3. The summed E-state index contributed by atoms with van der Waals surface area (Å²) in [6.45, 7) is 0. The van der Waals surface area contributed by atoms with Gasteiger partial charge in [0.15, 0.2) is 11.0 Å². The van der Waals surface area contributed by atoms with E-state index in [0.29, 0.717) is 10.5 Å². The lowest BCUT2D eigenvalue weighted by molar-refractivity contribution is 0.629. The van der Waals surface area contributed by atoms with Crippen LogP contribution in [0.4, 0.5) is 4.39 Å². The Morgan fingerprint density at radius 3 is 2.86 bits per heavy atom. The molecule has 2 heterocycles. The summed E-state index contributed by atoms with van der Waals surface area (Å²) in [5, 5.41) is 1.16. The lowest BCUT2D eigenvalue weighted by Gasteiger charge is -2.01. The third-order valence-corrected chi connectivity index (χ3v) is 2.55. The molecule has 0 N–H and O–H groups in total.